The highest BCUT2D eigenvalue weighted by Gasteiger charge is 2.31. The lowest BCUT2D eigenvalue weighted by Gasteiger charge is -2.34. The fourth-order valence-corrected chi connectivity index (χ4v) is 4.02. The van der Waals surface area contributed by atoms with Gasteiger partial charge in [-0.3, -0.25) is 9.80 Å². The zero-order valence-corrected chi connectivity index (χ0v) is 20.3. The lowest BCUT2D eigenvalue weighted by Crippen LogP contribution is -2.46. The van der Waals surface area contributed by atoms with Crippen molar-refractivity contribution in [3.05, 3.63) is 65.9 Å². The smallest absolute Gasteiger partial charge is 0.330 e. The Morgan fingerprint density at radius 3 is 2.53 bits per heavy atom. The second kappa shape index (κ2) is 10.5. The van der Waals surface area contributed by atoms with Gasteiger partial charge in [-0.2, -0.15) is 4.98 Å². The first kappa shape index (κ1) is 23.5. The number of benzene rings is 2. The molecule has 2 heterocycles. The van der Waals surface area contributed by atoms with Crippen LogP contribution in [0.25, 0.3) is 0 Å². The molecule has 0 spiro atoms. The minimum atomic E-state index is -0.113. The number of para-hydroxylation sites is 1. The third-order valence-electron chi connectivity index (χ3n) is 6.09. The summed E-state index contributed by atoms with van der Waals surface area (Å²) in [6.45, 7) is 10.3. The number of likely N-dealkylation sites (N-methyl/N-ethyl adjacent to an activating group) is 1. The second-order valence-corrected chi connectivity index (χ2v) is 8.28. The summed E-state index contributed by atoms with van der Waals surface area (Å²) < 4.78 is 5.85. The SMILES string of the molecule is CCN(CC)CCOc1ccc(Nc2ncc3c(n2)N(C)C(=O)N(c2ccccc2C)C3)cc1. The van der Waals surface area contributed by atoms with E-state index in [4.69, 9.17) is 4.74 Å². The van der Waals surface area contributed by atoms with Crippen molar-refractivity contribution in [2.75, 3.05) is 48.4 Å². The minimum absolute atomic E-state index is 0.113. The van der Waals surface area contributed by atoms with Gasteiger partial charge < -0.3 is 15.0 Å². The Hall–Kier alpha value is -3.65. The number of carbonyl (C=O) groups excluding carboxylic acids is 1. The Labute approximate surface area is 201 Å². The van der Waals surface area contributed by atoms with Gasteiger partial charge in [0.1, 0.15) is 18.2 Å². The van der Waals surface area contributed by atoms with Crippen LogP contribution in [0.1, 0.15) is 25.0 Å². The van der Waals surface area contributed by atoms with Gasteiger partial charge in [0.05, 0.1) is 6.54 Å². The minimum Gasteiger partial charge on any atom is -0.492 e. The van der Waals surface area contributed by atoms with Crippen LogP contribution in [0, 0.1) is 6.92 Å². The third-order valence-corrected chi connectivity index (χ3v) is 6.09. The molecule has 1 aliphatic rings. The summed E-state index contributed by atoms with van der Waals surface area (Å²) in [5.74, 6) is 1.88. The number of rotatable bonds is 9. The Balaban J connectivity index is 1.43. The molecule has 8 nitrogen and oxygen atoms in total. The van der Waals surface area contributed by atoms with Crippen molar-refractivity contribution in [3.8, 4) is 5.75 Å². The number of hydrogen-bond donors (Lipinski definition) is 1. The third kappa shape index (κ3) is 5.12. The predicted molar refractivity (Wildman–Crippen MR) is 136 cm³/mol. The summed E-state index contributed by atoms with van der Waals surface area (Å²) in [5.41, 5.74) is 3.69. The Bertz CT molecular complexity index is 1130. The molecule has 0 unspecified atom stereocenters. The average molecular weight is 461 g/mol. The first-order chi connectivity index (χ1) is 16.5. The molecule has 0 saturated carbocycles. The predicted octanol–water partition coefficient (Wildman–Crippen LogP) is 4.83. The van der Waals surface area contributed by atoms with Crippen molar-refractivity contribution < 1.29 is 9.53 Å². The summed E-state index contributed by atoms with van der Waals surface area (Å²) in [7, 11) is 1.74. The van der Waals surface area contributed by atoms with E-state index in [1.165, 1.54) is 0 Å². The standard InChI is InChI=1S/C26H32N6O2/c1-5-31(6-2)15-16-34-22-13-11-21(12-14-22)28-25-27-17-20-18-32(23-10-8-7-9-19(23)3)26(33)30(4)24(20)29-25/h7-14,17H,5-6,15-16,18H2,1-4H3,(H,27,28,29). The van der Waals surface area contributed by atoms with Crippen LogP contribution in [0.15, 0.2) is 54.7 Å². The highest BCUT2D eigenvalue weighted by molar-refractivity contribution is 6.05. The molecule has 3 aromatic rings. The van der Waals surface area contributed by atoms with Crippen LogP contribution in [0.4, 0.5) is 27.9 Å². The molecule has 0 bridgehead atoms. The maximum atomic E-state index is 13.1. The van der Waals surface area contributed by atoms with Gasteiger partial charge in [-0.15, -0.1) is 0 Å². The van der Waals surface area contributed by atoms with Gasteiger partial charge >= 0.3 is 6.03 Å². The highest BCUT2D eigenvalue weighted by Crippen LogP contribution is 2.31. The van der Waals surface area contributed by atoms with Crippen molar-refractivity contribution in [2.45, 2.75) is 27.3 Å². The largest absolute Gasteiger partial charge is 0.492 e. The molecule has 0 aliphatic carbocycles. The van der Waals surface area contributed by atoms with E-state index in [1.807, 2.05) is 55.5 Å². The van der Waals surface area contributed by atoms with Crippen LogP contribution in [-0.4, -0.2) is 54.2 Å². The Kier molecular flexibility index (Phi) is 7.27. The zero-order chi connectivity index (χ0) is 24.1. The maximum Gasteiger partial charge on any atom is 0.330 e. The number of amides is 2. The second-order valence-electron chi connectivity index (χ2n) is 8.28. The van der Waals surface area contributed by atoms with Gasteiger partial charge in [0, 0.05) is 36.7 Å². The normalized spacial score (nSPS) is 13.3. The van der Waals surface area contributed by atoms with E-state index in [1.54, 1.807) is 23.0 Å². The van der Waals surface area contributed by atoms with Crippen molar-refractivity contribution in [3.63, 3.8) is 0 Å². The van der Waals surface area contributed by atoms with E-state index < -0.39 is 0 Å². The molecule has 2 amide bonds. The number of aryl methyl sites for hydroxylation is 1. The first-order valence-corrected chi connectivity index (χ1v) is 11.7. The first-order valence-electron chi connectivity index (χ1n) is 11.7. The fourth-order valence-electron chi connectivity index (χ4n) is 4.02. The molecular weight excluding hydrogens is 428 g/mol. The topological polar surface area (TPSA) is 73.8 Å². The molecule has 0 radical (unpaired) electrons. The van der Waals surface area contributed by atoms with E-state index in [2.05, 4.69) is 34.0 Å². The number of anilines is 4. The van der Waals surface area contributed by atoms with Crippen LogP contribution in [0.3, 0.4) is 0 Å². The number of nitrogens with zero attached hydrogens (tertiary/aromatic N) is 5. The molecular formula is C26H32N6O2. The van der Waals surface area contributed by atoms with Gasteiger partial charge in [0.2, 0.25) is 5.95 Å². The molecule has 8 heteroatoms. The molecule has 1 N–H and O–H groups in total. The summed E-state index contributed by atoms with van der Waals surface area (Å²) >= 11 is 0. The number of nitrogens with one attached hydrogen (secondary N) is 1. The van der Waals surface area contributed by atoms with Crippen molar-refractivity contribution in [1.29, 1.82) is 0 Å². The van der Waals surface area contributed by atoms with Gasteiger partial charge in [-0.1, -0.05) is 32.0 Å². The fraction of sp³-hybridized carbons (Fsp3) is 0.346. The summed E-state index contributed by atoms with van der Waals surface area (Å²) in [5, 5.41) is 3.22. The molecule has 0 fully saturated rings. The van der Waals surface area contributed by atoms with Crippen molar-refractivity contribution in [2.24, 2.45) is 0 Å². The average Bonchev–Trinajstić information content (AvgIpc) is 2.86. The van der Waals surface area contributed by atoms with Gasteiger partial charge in [0.15, 0.2) is 0 Å². The monoisotopic (exact) mass is 460 g/mol. The number of urea groups is 1. The number of ether oxygens (including phenoxy) is 1. The van der Waals surface area contributed by atoms with Crippen LogP contribution in [-0.2, 0) is 6.54 Å². The van der Waals surface area contributed by atoms with Crippen molar-refractivity contribution >= 4 is 29.2 Å². The molecule has 1 aromatic heterocycles. The number of carbonyl (C=O) groups is 1. The van der Waals surface area contributed by atoms with E-state index in [0.717, 1.165) is 47.9 Å². The zero-order valence-electron chi connectivity index (χ0n) is 20.3. The molecule has 34 heavy (non-hydrogen) atoms. The number of fused-ring (bicyclic) bond motifs is 1. The number of aromatic nitrogens is 2. The summed E-state index contributed by atoms with van der Waals surface area (Å²) in [4.78, 5) is 27.8. The lowest BCUT2D eigenvalue weighted by atomic mass is 10.1. The summed E-state index contributed by atoms with van der Waals surface area (Å²) in [6.07, 6.45) is 1.78. The Morgan fingerprint density at radius 2 is 1.82 bits per heavy atom. The van der Waals surface area contributed by atoms with E-state index in [-0.39, 0.29) is 6.03 Å². The Morgan fingerprint density at radius 1 is 1.09 bits per heavy atom. The quantitative estimate of drug-likeness (QED) is 0.493. The van der Waals surface area contributed by atoms with Crippen LogP contribution < -0.4 is 19.9 Å². The van der Waals surface area contributed by atoms with Gasteiger partial charge in [-0.05, 0) is 55.9 Å². The molecule has 1 aliphatic heterocycles. The summed E-state index contributed by atoms with van der Waals surface area (Å²) in [6, 6.07) is 15.5. The van der Waals surface area contributed by atoms with Crippen molar-refractivity contribution in [1.82, 2.24) is 14.9 Å². The van der Waals surface area contributed by atoms with Crippen LogP contribution in [0.5, 0.6) is 5.75 Å². The molecule has 2 aromatic carbocycles. The number of hydrogen-bond acceptors (Lipinski definition) is 6. The van der Waals surface area contributed by atoms with E-state index >= 15 is 0 Å². The maximum absolute atomic E-state index is 13.1. The van der Waals surface area contributed by atoms with Gasteiger partial charge in [0.25, 0.3) is 0 Å². The molecule has 178 valence electrons. The van der Waals surface area contributed by atoms with Crippen LogP contribution >= 0.6 is 0 Å². The van der Waals surface area contributed by atoms with E-state index in [0.29, 0.717) is 24.9 Å². The van der Waals surface area contributed by atoms with Gasteiger partial charge in [-0.25, -0.2) is 9.78 Å². The highest BCUT2D eigenvalue weighted by atomic mass is 16.5. The molecule has 0 atom stereocenters. The molecule has 0 saturated heterocycles. The molecule has 4 rings (SSSR count). The lowest BCUT2D eigenvalue weighted by molar-refractivity contribution is 0.223. The van der Waals surface area contributed by atoms with E-state index in [9.17, 15) is 4.79 Å². The van der Waals surface area contributed by atoms with Crippen LogP contribution in [0.2, 0.25) is 0 Å².